The molecule has 1 aromatic heterocycles. The summed E-state index contributed by atoms with van der Waals surface area (Å²) in [6, 6.07) is 15.2. The summed E-state index contributed by atoms with van der Waals surface area (Å²) in [6.45, 7) is 10.2. The molecule has 1 N–H and O–H groups in total. The number of unbranched alkanes of at least 4 members (excludes halogenated alkanes) is 1. The standard InChI is InChI=1S/C26H33NO3/c1-5-6-11-23-24(21-10-7-8-12-22(21)30-23)25(28)19-13-15-20(16-14-19)29-18-9-17-27-26(2,3)4/h7-8,10,12-16,27H,5-6,9,11,17-18H2,1-4H3. The van der Waals surface area contributed by atoms with E-state index in [-0.39, 0.29) is 11.3 Å². The molecule has 0 amide bonds. The molecule has 0 saturated carbocycles. The lowest BCUT2D eigenvalue weighted by atomic mass is 9.98. The van der Waals surface area contributed by atoms with Gasteiger partial charge in [-0.2, -0.15) is 0 Å². The number of ketones is 1. The molecular weight excluding hydrogens is 374 g/mol. The first-order valence-electron chi connectivity index (χ1n) is 10.9. The molecule has 0 aliphatic heterocycles. The molecule has 2 aromatic carbocycles. The molecule has 0 radical (unpaired) electrons. The average molecular weight is 408 g/mol. The Morgan fingerprint density at radius 3 is 2.47 bits per heavy atom. The molecule has 1 heterocycles. The number of para-hydroxylation sites is 1. The zero-order valence-corrected chi connectivity index (χ0v) is 18.6. The van der Waals surface area contributed by atoms with Crippen molar-refractivity contribution in [3.63, 3.8) is 0 Å². The minimum absolute atomic E-state index is 0.00646. The van der Waals surface area contributed by atoms with E-state index in [1.807, 2.05) is 48.5 Å². The first-order chi connectivity index (χ1) is 14.4. The number of fused-ring (bicyclic) bond motifs is 1. The predicted octanol–water partition coefficient (Wildman–Crippen LogP) is 6.16. The number of furan rings is 1. The van der Waals surface area contributed by atoms with Gasteiger partial charge in [-0.25, -0.2) is 0 Å². The van der Waals surface area contributed by atoms with Crippen LogP contribution in [0, 0.1) is 0 Å². The fourth-order valence-corrected chi connectivity index (χ4v) is 3.43. The maximum absolute atomic E-state index is 13.3. The summed E-state index contributed by atoms with van der Waals surface area (Å²) in [5, 5.41) is 4.34. The van der Waals surface area contributed by atoms with Crippen molar-refractivity contribution in [3.8, 4) is 5.75 Å². The third-order valence-corrected chi connectivity index (χ3v) is 5.01. The first kappa shape index (κ1) is 22.1. The lowest BCUT2D eigenvalue weighted by Crippen LogP contribution is -2.36. The normalized spacial score (nSPS) is 11.7. The Bertz CT molecular complexity index is 964. The quantitative estimate of drug-likeness (QED) is 0.323. The highest BCUT2D eigenvalue weighted by Gasteiger charge is 2.21. The zero-order chi connectivity index (χ0) is 21.6. The molecule has 0 aliphatic carbocycles. The van der Waals surface area contributed by atoms with Gasteiger partial charge in [-0.15, -0.1) is 0 Å². The van der Waals surface area contributed by atoms with Crippen LogP contribution < -0.4 is 10.1 Å². The zero-order valence-electron chi connectivity index (χ0n) is 18.6. The van der Waals surface area contributed by atoms with Crippen molar-refractivity contribution in [2.24, 2.45) is 0 Å². The van der Waals surface area contributed by atoms with Crippen LogP contribution in [0.25, 0.3) is 11.0 Å². The summed E-state index contributed by atoms with van der Waals surface area (Å²) < 4.78 is 11.8. The number of hydrogen-bond acceptors (Lipinski definition) is 4. The van der Waals surface area contributed by atoms with Crippen molar-refractivity contribution in [3.05, 3.63) is 65.4 Å². The Kier molecular flexibility index (Phi) is 7.33. The van der Waals surface area contributed by atoms with Crippen molar-refractivity contribution < 1.29 is 13.9 Å². The van der Waals surface area contributed by atoms with E-state index in [1.165, 1.54) is 0 Å². The van der Waals surface area contributed by atoms with Gasteiger partial charge in [0, 0.05) is 22.9 Å². The molecule has 160 valence electrons. The second-order valence-electron chi connectivity index (χ2n) is 8.73. The molecule has 3 aromatic rings. The van der Waals surface area contributed by atoms with Crippen molar-refractivity contribution in [1.82, 2.24) is 5.32 Å². The van der Waals surface area contributed by atoms with Gasteiger partial charge in [0.1, 0.15) is 17.1 Å². The molecule has 30 heavy (non-hydrogen) atoms. The largest absolute Gasteiger partial charge is 0.494 e. The maximum atomic E-state index is 13.3. The molecule has 0 bridgehead atoms. The van der Waals surface area contributed by atoms with Crippen LogP contribution in [-0.4, -0.2) is 24.5 Å². The topological polar surface area (TPSA) is 51.5 Å². The van der Waals surface area contributed by atoms with Crippen LogP contribution in [0.1, 0.15) is 68.6 Å². The van der Waals surface area contributed by atoms with E-state index in [1.54, 1.807) is 0 Å². The van der Waals surface area contributed by atoms with Crippen LogP contribution >= 0.6 is 0 Å². The van der Waals surface area contributed by atoms with Gasteiger partial charge < -0.3 is 14.5 Å². The van der Waals surface area contributed by atoms with Gasteiger partial charge in [0.05, 0.1) is 12.2 Å². The minimum Gasteiger partial charge on any atom is -0.494 e. The number of rotatable bonds is 10. The van der Waals surface area contributed by atoms with Gasteiger partial charge in [-0.05, 0) is 70.5 Å². The summed E-state index contributed by atoms with van der Waals surface area (Å²) in [6.07, 6.45) is 3.76. The van der Waals surface area contributed by atoms with E-state index in [2.05, 4.69) is 33.0 Å². The SMILES string of the molecule is CCCCc1oc2ccccc2c1C(=O)c1ccc(OCCCNC(C)(C)C)cc1. The first-order valence-corrected chi connectivity index (χ1v) is 10.9. The van der Waals surface area contributed by atoms with Crippen LogP contribution in [0.4, 0.5) is 0 Å². The van der Waals surface area contributed by atoms with Crippen LogP contribution in [0.3, 0.4) is 0 Å². The molecule has 0 fully saturated rings. The number of benzene rings is 2. The van der Waals surface area contributed by atoms with Crippen molar-refractivity contribution in [1.29, 1.82) is 0 Å². The van der Waals surface area contributed by atoms with Crippen molar-refractivity contribution in [2.45, 2.75) is 58.9 Å². The molecule has 4 nitrogen and oxygen atoms in total. The second kappa shape index (κ2) is 9.94. The Labute approximate surface area is 179 Å². The third kappa shape index (κ3) is 5.73. The fraction of sp³-hybridized carbons (Fsp3) is 0.423. The van der Waals surface area contributed by atoms with Gasteiger partial charge >= 0.3 is 0 Å². The van der Waals surface area contributed by atoms with Gasteiger partial charge in [-0.3, -0.25) is 4.79 Å². The van der Waals surface area contributed by atoms with E-state index in [9.17, 15) is 4.79 Å². The van der Waals surface area contributed by atoms with Gasteiger partial charge in [0.15, 0.2) is 5.78 Å². The minimum atomic E-state index is 0.00646. The highest BCUT2D eigenvalue weighted by atomic mass is 16.5. The maximum Gasteiger partial charge on any atom is 0.197 e. The lowest BCUT2D eigenvalue weighted by Gasteiger charge is -2.20. The van der Waals surface area contributed by atoms with Crippen LogP contribution in [-0.2, 0) is 6.42 Å². The van der Waals surface area contributed by atoms with E-state index < -0.39 is 0 Å². The van der Waals surface area contributed by atoms with Gasteiger partial charge in [0.25, 0.3) is 0 Å². The summed E-state index contributed by atoms with van der Waals surface area (Å²) in [7, 11) is 0. The van der Waals surface area contributed by atoms with E-state index in [0.29, 0.717) is 17.7 Å². The third-order valence-electron chi connectivity index (χ3n) is 5.01. The number of nitrogens with one attached hydrogen (secondary N) is 1. The smallest absolute Gasteiger partial charge is 0.197 e. The molecule has 0 unspecified atom stereocenters. The fourth-order valence-electron chi connectivity index (χ4n) is 3.43. The van der Waals surface area contributed by atoms with E-state index in [0.717, 1.165) is 54.7 Å². The number of ether oxygens (including phenoxy) is 1. The molecular formula is C26H33NO3. The van der Waals surface area contributed by atoms with Crippen LogP contribution in [0.5, 0.6) is 5.75 Å². The summed E-state index contributed by atoms with van der Waals surface area (Å²) >= 11 is 0. The van der Waals surface area contributed by atoms with E-state index in [4.69, 9.17) is 9.15 Å². The molecule has 0 atom stereocenters. The lowest BCUT2D eigenvalue weighted by molar-refractivity contribution is 0.103. The number of hydrogen-bond donors (Lipinski definition) is 1. The molecule has 0 spiro atoms. The Morgan fingerprint density at radius 2 is 1.77 bits per heavy atom. The summed E-state index contributed by atoms with van der Waals surface area (Å²) in [5.74, 6) is 1.58. The molecule has 0 aliphatic rings. The van der Waals surface area contributed by atoms with Crippen molar-refractivity contribution >= 4 is 16.8 Å². The van der Waals surface area contributed by atoms with Crippen LogP contribution in [0.15, 0.2) is 52.9 Å². The molecule has 4 heteroatoms. The Balaban J connectivity index is 1.69. The molecule has 0 saturated heterocycles. The summed E-state index contributed by atoms with van der Waals surface area (Å²) in [5.41, 5.74) is 2.24. The highest BCUT2D eigenvalue weighted by molar-refractivity contribution is 6.16. The molecule has 3 rings (SSSR count). The monoisotopic (exact) mass is 407 g/mol. The number of aryl methyl sites for hydroxylation is 1. The number of carbonyl (C=O) groups is 1. The summed E-state index contributed by atoms with van der Waals surface area (Å²) in [4.78, 5) is 13.3. The average Bonchev–Trinajstić information content (AvgIpc) is 3.09. The van der Waals surface area contributed by atoms with Crippen LogP contribution in [0.2, 0.25) is 0 Å². The van der Waals surface area contributed by atoms with Gasteiger partial charge in [0.2, 0.25) is 0 Å². The second-order valence-corrected chi connectivity index (χ2v) is 8.73. The van der Waals surface area contributed by atoms with Gasteiger partial charge in [-0.1, -0.05) is 31.5 Å². The number of carbonyl (C=O) groups excluding carboxylic acids is 1. The van der Waals surface area contributed by atoms with Crippen molar-refractivity contribution in [2.75, 3.05) is 13.2 Å². The Morgan fingerprint density at radius 1 is 1.03 bits per heavy atom. The van der Waals surface area contributed by atoms with E-state index >= 15 is 0 Å². The highest BCUT2D eigenvalue weighted by Crippen LogP contribution is 2.29. The predicted molar refractivity (Wildman–Crippen MR) is 123 cm³/mol. The Hall–Kier alpha value is -2.59.